The van der Waals surface area contributed by atoms with Crippen molar-refractivity contribution in [3.05, 3.63) is 58.9 Å². The second-order valence-corrected chi connectivity index (χ2v) is 7.70. The SMILES string of the molecule is Cc1ccc(NC(=O)CCc2nc(CSc3n[nH]c(-c4ccco4)n3)no2)cc1Cl. The third kappa shape index (κ3) is 5.08. The molecule has 0 radical (unpaired) electrons. The second kappa shape index (κ2) is 9.14. The van der Waals surface area contributed by atoms with Gasteiger partial charge in [-0.15, -0.1) is 5.10 Å². The Labute approximate surface area is 180 Å². The predicted octanol–water partition coefficient (Wildman–Crippen LogP) is 4.27. The molecule has 0 saturated carbocycles. The van der Waals surface area contributed by atoms with Crippen molar-refractivity contribution in [2.45, 2.75) is 30.7 Å². The summed E-state index contributed by atoms with van der Waals surface area (Å²) in [5.74, 6) is 2.35. The number of hydrogen-bond acceptors (Lipinski definition) is 8. The van der Waals surface area contributed by atoms with Crippen LogP contribution in [0.5, 0.6) is 0 Å². The lowest BCUT2D eigenvalue weighted by Gasteiger charge is -2.06. The van der Waals surface area contributed by atoms with Crippen LogP contribution in [0.4, 0.5) is 5.69 Å². The highest BCUT2D eigenvalue weighted by atomic mass is 35.5. The van der Waals surface area contributed by atoms with E-state index in [4.69, 9.17) is 20.5 Å². The molecule has 2 N–H and O–H groups in total. The Morgan fingerprint density at radius 2 is 2.20 bits per heavy atom. The van der Waals surface area contributed by atoms with Gasteiger partial charge in [0.2, 0.25) is 17.0 Å². The second-order valence-electron chi connectivity index (χ2n) is 6.35. The van der Waals surface area contributed by atoms with Crippen molar-refractivity contribution in [3.63, 3.8) is 0 Å². The van der Waals surface area contributed by atoms with Gasteiger partial charge in [0.25, 0.3) is 0 Å². The van der Waals surface area contributed by atoms with Gasteiger partial charge in [0.05, 0.1) is 12.0 Å². The molecular formula is C19H17ClN6O3S. The first-order valence-electron chi connectivity index (χ1n) is 9.03. The van der Waals surface area contributed by atoms with Gasteiger partial charge in [-0.2, -0.15) is 9.97 Å². The van der Waals surface area contributed by atoms with Crippen molar-refractivity contribution in [2.24, 2.45) is 0 Å². The summed E-state index contributed by atoms with van der Waals surface area (Å²) >= 11 is 7.43. The molecule has 3 heterocycles. The number of H-pyrrole nitrogens is 1. The van der Waals surface area contributed by atoms with Crippen molar-refractivity contribution in [1.82, 2.24) is 25.3 Å². The first kappa shape index (κ1) is 20.2. The molecule has 0 bridgehead atoms. The van der Waals surface area contributed by atoms with Gasteiger partial charge < -0.3 is 14.3 Å². The van der Waals surface area contributed by atoms with E-state index in [-0.39, 0.29) is 12.3 Å². The average molecular weight is 445 g/mol. The normalized spacial score (nSPS) is 11.0. The van der Waals surface area contributed by atoms with Crippen LogP contribution in [0.1, 0.15) is 23.7 Å². The number of nitrogens with one attached hydrogen (secondary N) is 2. The first-order chi connectivity index (χ1) is 14.6. The summed E-state index contributed by atoms with van der Waals surface area (Å²) in [6, 6.07) is 8.95. The quantitative estimate of drug-likeness (QED) is 0.386. The Hall–Kier alpha value is -3.11. The number of benzene rings is 1. The van der Waals surface area contributed by atoms with Crippen LogP contribution < -0.4 is 5.32 Å². The largest absolute Gasteiger partial charge is 0.461 e. The number of aromatic nitrogens is 5. The average Bonchev–Trinajstić information content (AvgIpc) is 3.49. The highest BCUT2D eigenvalue weighted by molar-refractivity contribution is 7.98. The number of carbonyl (C=O) groups is 1. The zero-order chi connectivity index (χ0) is 20.9. The number of halogens is 1. The Morgan fingerprint density at radius 1 is 1.30 bits per heavy atom. The zero-order valence-electron chi connectivity index (χ0n) is 15.9. The number of rotatable bonds is 8. The smallest absolute Gasteiger partial charge is 0.227 e. The Morgan fingerprint density at radius 3 is 3.00 bits per heavy atom. The molecule has 0 aliphatic carbocycles. The molecule has 4 aromatic rings. The molecule has 0 saturated heterocycles. The minimum atomic E-state index is -0.157. The minimum Gasteiger partial charge on any atom is -0.461 e. The number of amides is 1. The number of hydrogen-bond donors (Lipinski definition) is 2. The van der Waals surface area contributed by atoms with Gasteiger partial charge in [-0.05, 0) is 36.8 Å². The Balaban J connectivity index is 1.25. The van der Waals surface area contributed by atoms with Crippen LogP contribution in [-0.2, 0) is 17.0 Å². The predicted molar refractivity (Wildman–Crippen MR) is 111 cm³/mol. The first-order valence-corrected chi connectivity index (χ1v) is 10.4. The number of carbonyl (C=O) groups excluding carboxylic acids is 1. The number of aryl methyl sites for hydroxylation is 2. The van der Waals surface area contributed by atoms with Gasteiger partial charge >= 0.3 is 0 Å². The van der Waals surface area contributed by atoms with Crippen molar-refractivity contribution in [2.75, 3.05) is 5.32 Å². The van der Waals surface area contributed by atoms with Crippen molar-refractivity contribution in [3.8, 4) is 11.6 Å². The lowest BCUT2D eigenvalue weighted by Crippen LogP contribution is -2.12. The van der Waals surface area contributed by atoms with Crippen LogP contribution in [-0.4, -0.2) is 31.2 Å². The van der Waals surface area contributed by atoms with E-state index in [0.717, 1.165) is 5.56 Å². The van der Waals surface area contributed by atoms with Crippen LogP contribution in [0.3, 0.4) is 0 Å². The van der Waals surface area contributed by atoms with Crippen molar-refractivity contribution < 1.29 is 13.7 Å². The molecule has 0 atom stereocenters. The molecule has 4 rings (SSSR count). The fourth-order valence-corrected chi connectivity index (χ4v) is 3.35. The number of aromatic amines is 1. The van der Waals surface area contributed by atoms with Crippen LogP contribution in [0.25, 0.3) is 11.6 Å². The Kier molecular flexibility index (Phi) is 6.15. The number of nitrogens with zero attached hydrogens (tertiary/aromatic N) is 4. The monoisotopic (exact) mass is 444 g/mol. The molecule has 0 aliphatic rings. The maximum Gasteiger partial charge on any atom is 0.227 e. The molecule has 9 nitrogen and oxygen atoms in total. The molecular weight excluding hydrogens is 428 g/mol. The molecule has 154 valence electrons. The summed E-state index contributed by atoms with van der Waals surface area (Å²) in [5, 5.41) is 14.8. The topological polar surface area (TPSA) is 123 Å². The van der Waals surface area contributed by atoms with Gasteiger partial charge in [0.1, 0.15) is 0 Å². The standard InChI is InChI=1S/C19H17ClN6O3S/c1-11-4-5-12(9-13(11)20)21-16(27)6-7-17-22-15(26-29-17)10-30-19-23-18(24-25-19)14-3-2-8-28-14/h2-5,8-9H,6-7,10H2,1H3,(H,21,27)(H,23,24,25). The fourth-order valence-electron chi connectivity index (χ4n) is 2.53. The third-order valence-corrected chi connectivity index (χ3v) is 5.33. The van der Waals surface area contributed by atoms with Crippen LogP contribution in [0.15, 0.2) is 50.7 Å². The van der Waals surface area contributed by atoms with E-state index in [2.05, 4.69) is 30.6 Å². The van der Waals surface area contributed by atoms with E-state index in [1.165, 1.54) is 11.8 Å². The van der Waals surface area contributed by atoms with Gasteiger partial charge in [-0.1, -0.05) is 34.6 Å². The van der Waals surface area contributed by atoms with Crippen molar-refractivity contribution in [1.29, 1.82) is 0 Å². The number of anilines is 1. The van der Waals surface area contributed by atoms with Crippen LogP contribution in [0.2, 0.25) is 5.02 Å². The molecule has 3 aromatic heterocycles. The van der Waals surface area contributed by atoms with Gasteiger partial charge in [0.15, 0.2) is 17.4 Å². The highest BCUT2D eigenvalue weighted by Crippen LogP contribution is 2.22. The Bertz CT molecular complexity index is 1140. The van der Waals surface area contributed by atoms with E-state index in [1.54, 1.807) is 24.5 Å². The minimum absolute atomic E-state index is 0.157. The number of thioether (sulfide) groups is 1. The summed E-state index contributed by atoms with van der Waals surface area (Å²) in [4.78, 5) is 20.8. The van der Waals surface area contributed by atoms with Crippen LogP contribution >= 0.6 is 23.4 Å². The molecule has 1 aromatic carbocycles. The summed E-state index contributed by atoms with van der Waals surface area (Å²) in [5.41, 5.74) is 1.60. The summed E-state index contributed by atoms with van der Waals surface area (Å²) < 4.78 is 10.5. The van der Waals surface area contributed by atoms with E-state index in [9.17, 15) is 4.79 Å². The maximum atomic E-state index is 12.1. The highest BCUT2D eigenvalue weighted by Gasteiger charge is 2.13. The molecule has 0 fully saturated rings. The zero-order valence-corrected chi connectivity index (χ0v) is 17.5. The third-order valence-electron chi connectivity index (χ3n) is 4.08. The molecule has 0 unspecified atom stereocenters. The molecule has 11 heteroatoms. The van der Waals surface area contributed by atoms with Gasteiger partial charge in [-0.25, -0.2) is 0 Å². The number of furan rings is 1. The lowest BCUT2D eigenvalue weighted by atomic mass is 10.2. The summed E-state index contributed by atoms with van der Waals surface area (Å²) in [6.07, 6.45) is 2.13. The summed E-state index contributed by atoms with van der Waals surface area (Å²) in [7, 11) is 0. The van der Waals surface area contributed by atoms with Crippen molar-refractivity contribution >= 4 is 35.0 Å². The van der Waals surface area contributed by atoms with E-state index in [0.29, 0.717) is 51.3 Å². The van der Waals surface area contributed by atoms with E-state index in [1.807, 2.05) is 19.1 Å². The van der Waals surface area contributed by atoms with Gasteiger partial charge in [0, 0.05) is 23.6 Å². The van der Waals surface area contributed by atoms with Gasteiger partial charge in [-0.3, -0.25) is 9.89 Å². The molecule has 1 amide bonds. The van der Waals surface area contributed by atoms with Crippen LogP contribution in [0, 0.1) is 6.92 Å². The molecule has 0 spiro atoms. The fraction of sp³-hybridized carbons (Fsp3) is 0.211. The lowest BCUT2D eigenvalue weighted by molar-refractivity contribution is -0.116. The van der Waals surface area contributed by atoms with E-state index >= 15 is 0 Å². The summed E-state index contributed by atoms with van der Waals surface area (Å²) in [6.45, 7) is 1.90. The van der Waals surface area contributed by atoms with E-state index < -0.39 is 0 Å². The molecule has 0 aliphatic heterocycles. The maximum absolute atomic E-state index is 12.1. The molecule has 30 heavy (non-hydrogen) atoms.